The van der Waals surface area contributed by atoms with E-state index in [-0.39, 0.29) is 0 Å². The van der Waals surface area contributed by atoms with E-state index in [9.17, 15) is 0 Å². The molecule has 0 unspecified atom stereocenters. The number of amidine groups is 1. The lowest BCUT2D eigenvalue weighted by molar-refractivity contribution is 0.202. The Labute approximate surface area is 87.2 Å². The molecule has 1 saturated carbocycles. The maximum atomic E-state index is 7.37. The van der Waals surface area contributed by atoms with Crippen LogP contribution in [0.5, 0.6) is 0 Å². The van der Waals surface area contributed by atoms with Crippen molar-refractivity contribution in [2.24, 2.45) is 11.7 Å². The Morgan fingerprint density at radius 2 is 2.00 bits per heavy atom. The summed E-state index contributed by atoms with van der Waals surface area (Å²) in [5, 5.41) is 7.37. The predicted molar refractivity (Wildman–Crippen MR) is 60.6 cm³/mol. The predicted octanol–water partition coefficient (Wildman–Crippen LogP) is 1.82. The molecule has 0 aromatic carbocycles. The molecule has 1 aliphatic rings. The van der Waals surface area contributed by atoms with Gasteiger partial charge in [0.25, 0.3) is 0 Å². The number of nitrogens with zero attached hydrogens (tertiary/aromatic N) is 1. The minimum atomic E-state index is 0.303. The summed E-state index contributed by atoms with van der Waals surface area (Å²) in [4.78, 5) is 2.39. The van der Waals surface area contributed by atoms with Gasteiger partial charge in [-0.3, -0.25) is 10.3 Å². The van der Waals surface area contributed by atoms with E-state index in [0.717, 1.165) is 6.54 Å². The molecule has 0 bridgehead atoms. The number of nitrogens with one attached hydrogen (secondary N) is 1. The standard InChI is InChI=1S/C11H23N3/c1-9(2)7-14(8-11(12)13)10-5-3-4-6-10/h9-10H,3-8H2,1-2H3,(H3,12,13). The summed E-state index contributed by atoms with van der Waals surface area (Å²) in [5.74, 6) is 0.965. The Hall–Kier alpha value is -0.570. The van der Waals surface area contributed by atoms with Gasteiger partial charge < -0.3 is 5.73 Å². The van der Waals surface area contributed by atoms with Crippen molar-refractivity contribution in [2.45, 2.75) is 45.6 Å². The molecule has 3 N–H and O–H groups in total. The van der Waals surface area contributed by atoms with Crippen LogP contribution in [-0.2, 0) is 0 Å². The van der Waals surface area contributed by atoms with Crippen molar-refractivity contribution >= 4 is 5.84 Å². The second-order valence-corrected chi connectivity index (χ2v) is 4.79. The monoisotopic (exact) mass is 197 g/mol. The second-order valence-electron chi connectivity index (χ2n) is 4.79. The summed E-state index contributed by atoms with van der Waals surface area (Å²) in [6.45, 7) is 6.18. The summed E-state index contributed by atoms with van der Waals surface area (Å²) < 4.78 is 0. The van der Waals surface area contributed by atoms with Crippen LogP contribution in [0.2, 0.25) is 0 Å². The highest BCUT2D eigenvalue weighted by molar-refractivity contribution is 5.78. The summed E-state index contributed by atoms with van der Waals surface area (Å²) in [6.07, 6.45) is 5.27. The molecule has 0 aliphatic heterocycles. The Bertz CT molecular complexity index is 183. The zero-order chi connectivity index (χ0) is 10.6. The molecule has 0 aromatic rings. The Morgan fingerprint density at radius 3 is 2.43 bits per heavy atom. The van der Waals surface area contributed by atoms with Crippen molar-refractivity contribution < 1.29 is 0 Å². The maximum absolute atomic E-state index is 7.37. The minimum Gasteiger partial charge on any atom is -0.387 e. The first-order chi connectivity index (χ1) is 6.59. The molecular formula is C11H23N3. The van der Waals surface area contributed by atoms with Crippen molar-refractivity contribution in [2.75, 3.05) is 13.1 Å². The zero-order valence-corrected chi connectivity index (χ0v) is 9.42. The lowest BCUT2D eigenvalue weighted by atomic mass is 10.1. The molecule has 1 fully saturated rings. The molecule has 1 rings (SSSR count). The summed E-state index contributed by atoms with van der Waals surface area (Å²) in [5.41, 5.74) is 5.48. The molecule has 1 aliphatic carbocycles. The zero-order valence-electron chi connectivity index (χ0n) is 9.42. The molecule has 3 heteroatoms. The SMILES string of the molecule is CC(C)CN(CC(=N)N)C1CCCC1. The third-order valence-electron chi connectivity index (χ3n) is 2.81. The van der Waals surface area contributed by atoms with Crippen LogP contribution in [-0.4, -0.2) is 29.9 Å². The Kier molecular flexibility index (Phi) is 4.39. The fourth-order valence-electron chi connectivity index (χ4n) is 2.30. The molecule has 0 heterocycles. The summed E-state index contributed by atoms with van der Waals surface area (Å²) in [6, 6.07) is 0.682. The topological polar surface area (TPSA) is 53.1 Å². The molecule has 0 spiro atoms. The van der Waals surface area contributed by atoms with Gasteiger partial charge in [0, 0.05) is 12.6 Å². The molecule has 14 heavy (non-hydrogen) atoms. The minimum absolute atomic E-state index is 0.303. The first-order valence-corrected chi connectivity index (χ1v) is 5.66. The largest absolute Gasteiger partial charge is 0.387 e. The third kappa shape index (κ3) is 3.66. The molecule has 0 aromatic heterocycles. The summed E-state index contributed by atoms with van der Waals surface area (Å²) in [7, 11) is 0. The van der Waals surface area contributed by atoms with E-state index in [2.05, 4.69) is 18.7 Å². The Morgan fingerprint density at radius 1 is 1.43 bits per heavy atom. The number of hydrogen-bond acceptors (Lipinski definition) is 2. The molecule has 82 valence electrons. The fourth-order valence-corrected chi connectivity index (χ4v) is 2.30. The van der Waals surface area contributed by atoms with Crippen LogP contribution in [0.25, 0.3) is 0 Å². The van der Waals surface area contributed by atoms with E-state index in [1.807, 2.05) is 0 Å². The first kappa shape index (κ1) is 11.5. The van der Waals surface area contributed by atoms with Gasteiger partial charge in [0.15, 0.2) is 0 Å². The average Bonchev–Trinajstić information content (AvgIpc) is 2.52. The van der Waals surface area contributed by atoms with E-state index < -0.39 is 0 Å². The van der Waals surface area contributed by atoms with E-state index in [1.165, 1.54) is 25.7 Å². The summed E-state index contributed by atoms with van der Waals surface area (Å²) >= 11 is 0. The quantitative estimate of drug-likeness (QED) is 0.522. The van der Waals surface area contributed by atoms with Gasteiger partial charge in [-0.05, 0) is 18.8 Å². The number of nitrogens with two attached hydrogens (primary N) is 1. The number of rotatable bonds is 5. The molecule has 3 nitrogen and oxygen atoms in total. The van der Waals surface area contributed by atoms with Crippen molar-refractivity contribution in [3.05, 3.63) is 0 Å². The van der Waals surface area contributed by atoms with E-state index in [1.54, 1.807) is 0 Å². The van der Waals surface area contributed by atoms with Gasteiger partial charge in [-0.2, -0.15) is 0 Å². The van der Waals surface area contributed by atoms with Crippen LogP contribution in [0.1, 0.15) is 39.5 Å². The van der Waals surface area contributed by atoms with Crippen LogP contribution in [0.3, 0.4) is 0 Å². The van der Waals surface area contributed by atoms with Crippen LogP contribution < -0.4 is 5.73 Å². The van der Waals surface area contributed by atoms with Gasteiger partial charge in [0.1, 0.15) is 5.84 Å². The fraction of sp³-hybridized carbons (Fsp3) is 0.909. The molecule has 0 amide bonds. The van der Waals surface area contributed by atoms with Crippen LogP contribution in [0.15, 0.2) is 0 Å². The molecule has 0 saturated heterocycles. The van der Waals surface area contributed by atoms with Gasteiger partial charge in [-0.15, -0.1) is 0 Å². The lowest BCUT2D eigenvalue weighted by Gasteiger charge is -2.29. The maximum Gasteiger partial charge on any atom is 0.105 e. The highest BCUT2D eigenvalue weighted by atomic mass is 15.2. The van der Waals surface area contributed by atoms with Crippen LogP contribution in [0, 0.1) is 11.3 Å². The van der Waals surface area contributed by atoms with Crippen LogP contribution in [0.4, 0.5) is 0 Å². The highest BCUT2D eigenvalue weighted by Crippen LogP contribution is 2.23. The first-order valence-electron chi connectivity index (χ1n) is 5.66. The van der Waals surface area contributed by atoms with Crippen molar-refractivity contribution in [3.63, 3.8) is 0 Å². The smallest absolute Gasteiger partial charge is 0.105 e. The normalized spacial score (nSPS) is 18.3. The molecule has 0 atom stereocenters. The Balaban J connectivity index is 2.46. The van der Waals surface area contributed by atoms with Gasteiger partial charge in [0.2, 0.25) is 0 Å². The highest BCUT2D eigenvalue weighted by Gasteiger charge is 2.23. The molecule has 0 radical (unpaired) electrons. The lowest BCUT2D eigenvalue weighted by Crippen LogP contribution is -2.41. The van der Waals surface area contributed by atoms with E-state index in [0.29, 0.717) is 24.3 Å². The van der Waals surface area contributed by atoms with Gasteiger partial charge in [0.05, 0.1) is 6.54 Å². The van der Waals surface area contributed by atoms with E-state index in [4.69, 9.17) is 11.1 Å². The van der Waals surface area contributed by atoms with Crippen molar-refractivity contribution in [1.29, 1.82) is 5.41 Å². The van der Waals surface area contributed by atoms with Crippen molar-refractivity contribution in [1.82, 2.24) is 4.90 Å². The van der Waals surface area contributed by atoms with Crippen molar-refractivity contribution in [3.8, 4) is 0 Å². The average molecular weight is 197 g/mol. The van der Waals surface area contributed by atoms with Gasteiger partial charge in [-0.1, -0.05) is 26.7 Å². The second kappa shape index (κ2) is 5.35. The van der Waals surface area contributed by atoms with E-state index >= 15 is 0 Å². The number of hydrogen-bond donors (Lipinski definition) is 2. The van der Waals surface area contributed by atoms with Gasteiger partial charge in [-0.25, -0.2) is 0 Å². The molecular weight excluding hydrogens is 174 g/mol. The van der Waals surface area contributed by atoms with Crippen LogP contribution >= 0.6 is 0 Å². The van der Waals surface area contributed by atoms with Gasteiger partial charge >= 0.3 is 0 Å². The third-order valence-corrected chi connectivity index (χ3v) is 2.81.